The Hall–Kier alpha value is -0.900. The molecule has 0 aliphatic heterocycles. The highest BCUT2D eigenvalue weighted by molar-refractivity contribution is 4.87. The van der Waals surface area contributed by atoms with Gasteiger partial charge in [-0.2, -0.15) is 5.10 Å². The third kappa shape index (κ3) is 2.56. The van der Waals surface area contributed by atoms with Crippen LogP contribution in [0.2, 0.25) is 0 Å². The van der Waals surface area contributed by atoms with E-state index in [-0.39, 0.29) is 0 Å². The Kier molecular flexibility index (Phi) is 3.36. The van der Waals surface area contributed by atoms with E-state index in [1.807, 2.05) is 4.68 Å². The van der Waals surface area contributed by atoms with Crippen molar-refractivity contribution in [1.82, 2.24) is 20.1 Å². The molecular weight excluding hydrogens is 188 g/mol. The quantitative estimate of drug-likeness (QED) is 0.821. The minimum Gasteiger partial charge on any atom is -0.307 e. The van der Waals surface area contributed by atoms with Gasteiger partial charge in [0.1, 0.15) is 12.2 Å². The summed E-state index contributed by atoms with van der Waals surface area (Å²) in [6, 6.07) is 1.09. The normalized spacial score (nSPS) is 17.8. The average molecular weight is 208 g/mol. The molecule has 15 heavy (non-hydrogen) atoms. The van der Waals surface area contributed by atoms with E-state index >= 15 is 0 Å². The molecule has 1 fully saturated rings. The molecule has 0 atom stereocenters. The smallest absolute Gasteiger partial charge is 0.141 e. The van der Waals surface area contributed by atoms with Crippen LogP contribution in [-0.4, -0.2) is 20.8 Å². The molecule has 1 saturated carbocycles. The Balaban J connectivity index is 1.89. The maximum atomic E-state index is 4.29. The largest absolute Gasteiger partial charge is 0.307 e. The molecule has 1 aliphatic rings. The van der Waals surface area contributed by atoms with Crippen LogP contribution < -0.4 is 5.32 Å². The summed E-state index contributed by atoms with van der Waals surface area (Å²) in [4.78, 5) is 4.29. The Morgan fingerprint density at radius 3 is 2.87 bits per heavy atom. The second kappa shape index (κ2) is 4.75. The molecule has 0 unspecified atom stereocenters. The number of hydrogen-bond donors (Lipinski definition) is 1. The first-order valence-electron chi connectivity index (χ1n) is 5.89. The predicted octanol–water partition coefficient (Wildman–Crippen LogP) is 1.89. The van der Waals surface area contributed by atoms with Crippen molar-refractivity contribution >= 4 is 0 Å². The fourth-order valence-electron chi connectivity index (χ4n) is 2.20. The summed E-state index contributed by atoms with van der Waals surface area (Å²) in [7, 11) is 0. The molecular formula is C11H20N4. The number of nitrogens with one attached hydrogen (secondary N) is 1. The first kappa shape index (κ1) is 10.6. The molecule has 1 aromatic heterocycles. The van der Waals surface area contributed by atoms with E-state index in [2.05, 4.69) is 29.2 Å². The van der Waals surface area contributed by atoms with Crippen LogP contribution in [0.3, 0.4) is 0 Å². The van der Waals surface area contributed by atoms with Gasteiger partial charge < -0.3 is 5.32 Å². The van der Waals surface area contributed by atoms with Crippen molar-refractivity contribution in [3.05, 3.63) is 12.2 Å². The van der Waals surface area contributed by atoms with Crippen molar-refractivity contribution in [2.45, 2.75) is 58.2 Å². The summed E-state index contributed by atoms with van der Waals surface area (Å²) in [5, 5.41) is 7.78. The molecule has 4 heteroatoms. The molecule has 4 nitrogen and oxygen atoms in total. The Bertz CT molecular complexity index is 299. The minimum atomic E-state index is 0.396. The summed E-state index contributed by atoms with van der Waals surface area (Å²) >= 11 is 0. The molecule has 0 bridgehead atoms. The highest BCUT2D eigenvalue weighted by Crippen LogP contribution is 2.18. The molecule has 1 aliphatic carbocycles. The van der Waals surface area contributed by atoms with Gasteiger partial charge in [0, 0.05) is 12.1 Å². The van der Waals surface area contributed by atoms with E-state index in [0.717, 1.165) is 12.4 Å². The van der Waals surface area contributed by atoms with Gasteiger partial charge in [-0.05, 0) is 26.7 Å². The molecule has 1 heterocycles. The van der Waals surface area contributed by atoms with E-state index in [1.165, 1.54) is 25.7 Å². The van der Waals surface area contributed by atoms with Gasteiger partial charge >= 0.3 is 0 Å². The third-order valence-corrected chi connectivity index (χ3v) is 3.04. The van der Waals surface area contributed by atoms with Crippen LogP contribution >= 0.6 is 0 Å². The first-order chi connectivity index (χ1) is 7.27. The van der Waals surface area contributed by atoms with Gasteiger partial charge in [-0.1, -0.05) is 12.8 Å². The molecule has 0 saturated heterocycles. The van der Waals surface area contributed by atoms with Gasteiger partial charge in [-0.25, -0.2) is 9.67 Å². The van der Waals surface area contributed by atoms with Crippen molar-refractivity contribution in [2.75, 3.05) is 0 Å². The Morgan fingerprint density at radius 2 is 2.20 bits per heavy atom. The molecule has 0 spiro atoms. The molecule has 0 amide bonds. The SMILES string of the molecule is CC(C)n1ncnc1CNC1CCCC1. The molecule has 0 aromatic carbocycles. The number of rotatable bonds is 4. The summed E-state index contributed by atoms with van der Waals surface area (Å²) in [6.45, 7) is 5.12. The fourth-order valence-corrected chi connectivity index (χ4v) is 2.20. The monoisotopic (exact) mass is 208 g/mol. The van der Waals surface area contributed by atoms with Gasteiger partial charge in [0.25, 0.3) is 0 Å². The van der Waals surface area contributed by atoms with Gasteiger partial charge in [0.05, 0.1) is 6.54 Å². The highest BCUT2D eigenvalue weighted by atomic mass is 15.4. The topological polar surface area (TPSA) is 42.7 Å². The minimum absolute atomic E-state index is 0.396. The zero-order valence-electron chi connectivity index (χ0n) is 9.61. The number of hydrogen-bond acceptors (Lipinski definition) is 3. The van der Waals surface area contributed by atoms with Crippen LogP contribution in [0.15, 0.2) is 6.33 Å². The fraction of sp³-hybridized carbons (Fsp3) is 0.818. The summed E-state index contributed by atoms with van der Waals surface area (Å²) in [6.07, 6.45) is 7.01. The molecule has 1 aromatic rings. The lowest BCUT2D eigenvalue weighted by Crippen LogP contribution is -2.27. The first-order valence-corrected chi connectivity index (χ1v) is 5.89. The van der Waals surface area contributed by atoms with Crippen molar-refractivity contribution in [1.29, 1.82) is 0 Å². The summed E-state index contributed by atoms with van der Waals surface area (Å²) in [5.74, 6) is 1.05. The lowest BCUT2D eigenvalue weighted by atomic mass is 10.2. The van der Waals surface area contributed by atoms with E-state index in [0.29, 0.717) is 12.1 Å². The van der Waals surface area contributed by atoms with Crippen molar-refractivity contribution in [2.24, 2.45) is 0 Å². The number of nitrogens with zero attached hydrogens (tertiary/aromatic N) is 3. The van der Waals surface area contributed by atoms with Crippen LogP contribution in [0.4, 0.5) is 0 Å². The second-order valence-corrected chi connectivity index (χ2v) is 4.58. The van der Waals surface area contributed by atoms with Crippen LogP contribution in [0.1, 0.15) is 51.4 Å². The zero-order chi connectivity index (χ0) is 10.7. The highest BCUT2D eigenvalue weighted by Gasteiger charge is 2.15. The maximum Gasteiger partial charge on any atom is 0.141 e. The number of aromatic nitrogens is 3. The lowest BCUT2D eigenvalue weighted by Gasteiger charge is -2.13. The van der Waals surface area contributed by atoms with E-state index in [9.17, 15) is 0 Å². The van der Waals surface area contributed by atoms with Crippen LogP contribution in [0.5, 0.6) is 0 Å². The van der Waals surface area contributed by atoms with E-state index < -0.39 is 0 Å². The maximum absolute atomic E-state index is 4.29. The van der Waals surface area contributed by atoms with Crippen LogP contribution in [-0.2, 0) is 6.54 Å². The molecule has 1 N–H and O–H groups in total. The summed E-state index contributed by atoms with van der Waals surface area (Å²) in [5.41, 5.74) is 0. The van der Waals surface area contributed by atoms with Gasteiger partial charge in [0.15, 0.2) is 0 Å². The molecule has 2 rings (SSSR count). The van der Waals surface area contributed by atoms with Crippen molar-refractivity contribution < 1.29 is 0 Å². The van der Waals surface area contributed by atoms with E-state index in [1.54, 1.807) is 6.33 Å². The van der Waals surface area contributed by atoms with Crippen LogP contribution in [0, 0.1) is 0 Å². The predicted molar refractivity (Wildman–Crippen MR) is 59.5 cm³/mol. The van der Waals surface area contributed by atoms with Crippen molar-refractivity contribution in [3.63, 3.8) is 0 Å². The molecule has 0 radical (unpaired) electrons. The van der Waals surface area contributed by atoms with E-state index in [4.69, 9.17) is 0 Å². The second-order valence-electron chi connectivity index (χ2n) is 4.58. The van der Waals surface area contributed by atoms with Gasteiger partial charge in [-0.3, -0.25) is 0 Å². The lowest BCUT2D eigenvalue weighted by molar-refractivity contribution is 0.460. The summed E-state index contributed by atoms with van der Waals surface area (Å²) < 4.78 is 1.99. The zero-order valence-corrected chi connectivity index (χ0v) is 9.61. The third-order valence-electron chi connectivity index (χ3n) is 3.04. The average Bonchev–Trinajstić information content (AvgIpc) is 2.86. The van der Waals surface area contributed by atoms with Gasteiger partial charge in [-0.15, -0.1) is 0 Å². The van der Waals surface area contributed by atoms with Crippen LogP contribution in [0.25, 0.3) is 0 Å². The van der Waals surface area contributed by atoms with Crippen molar-refractivity contribution in [3.8, 4) is 0 Å². The van der Waals surface area contributed by atoms with Gasteiger partial charge in [0.2, 0.25) is 0 Å². The molecule has 84 valence electrons. The standard InChI is InChI=1S/C11H20N4/c1-9(2)15-11(13-8-14-15)7-12-10-5-3-4-6-10/h8-10,12H,3-7H2,1-2H3. The Labute approximate surface area is 91.1 Å². The Morgan fingerprint density at radius 1 is 1.47 bits per heavy atom.